The summed E-state index contributed by atoms with van der Waals surface area (Å²) >= 11 is 0. The van der Waals surface area contributed by atoms with Crippen molar-refractivity contribution in [2.24, 2.45) is 5.73 Å². The average Bonchev–Trinajstić information content (AvgIpc) is 2.85. The molecule has 0 saturated carbocycles. The van der Waals surface area contributed by atoms with Crippen molar-refractivity contribution >= 4 is 28.8 Å². The first-order chi connectivity index (χ1) is 9.20. The molecule has 9 nitrogen and oxygen atoms in total. The lowest BCUT2D eigenvalue weighted by Gasteiger charge is -2.08. The summed E-state index contributed by atoms with van der Waals surface area (Å²) in [7, 11) is 1.73. The monoisotopic (exact) mass is 265 g/mol. The summed E-state index contributed by atoms with van der Waals surface area (Å²) in [5, 5.41) is 5.94. The van der Waals surface area contributed by atoms with E-state index in [1.54, 1.807) is 13.4 Å². The Morgan fingerprint density at radius 2 is 2.37 bits per heavy atom. The van der Waals surface area contributed by atoms with Crippen LogP contribution in [0.15, 0.2) is 6.33 Å². The molecule has 0 saturated heterocycles. The molecule has 9 heteroatoms. The van der Waals surface area contributed by atoms with Crippen molar-refractivity contribution in [1.82, 2.24) is 19.9 Å². The van der Waals surface area contributed by atoms with Crippen LogP contribution in [-0.2, 0) is 9.53 Å². The molecule has 0 bridgehead atoms. The van der Waals surface area contributed by atoms with Gasteiger partial charge in [0.25, 0.3) is 0 Å². The van der Waals surface area contributed by atoms with Gasteiger partial charge in [0.1, 0.15) is 12.1 Å². The fraction of sp³-hybridized carbons (Fsp3) is 0.400. The molecule has 5 N–H and O–H groups in total. The molecule has 0 aromatic carbocycles. The Balaban J connectivity index is 1.99. The molecule has 0 aliphatic heterocycles. The van der Waals surface area contributed by atoms with Crippen LogP contribution < -0.4 is 16.4 Å². The van der Waals surface area contributed by atoms with E-state index in [2.05, 4.69) is 30.6 Å². The van der Waals surface area contributed by atoms with E-state index in [4.69, 9.17) is 10.5 Å². The number of hydrogen-bond acceptors (Lipinski definition) is 7. The van der Waals surface area contributed by atoms with Crippen LogP contribution in [0, 0.1) is 0 Å². The molecule has 2 rings (SSSR count). The number of hydrogen-bond donors (Lipinski definition) is 4. The van der Waals surface area contributed by atoms with Crippen LogP contribution in [0.4, 0.5) is 11.8 Å². The Labute approximate surface area is 109 Å². The molecule has 1 amide bonds. The number of aromatic amines is 1. The maximum absolute atomic E-state index is 10.5. The van der Waals surface area contributed by atoms with Gasteiger partial charge < -0.3 is 26.1 Å². The Bertz CT molecular complexity index is 568. The fourth-order valence-corrected chi connectivity index (χ4v) is 1.49. The molecule has 2 aromatic rings. The third-order valence-electron chi connectivity index (χ3n) is 2.29. The highest BCUT2D eigenvalue weighted by atomic mass is 16.5. The molecular formula is C10H15N7O2. The van der Waals surface area contributed by atoms with Crippen LogP contribution in [0.2, 0.25) is 0 Å². The molecule has 102 valence electrons. The quantitative estimate of drug-likeness (QED) is 0.487. The van der Waals surface area contributed by atoms with Gasteiger partial charge in [0, 0.05) is 13.6 Å². The standard InChI is InChI=1S/C10H15N7O2/c1-12-10-16-8(7-9(17-10)15-5-14-7)13-2-3-19-4-6(11)18/h5H,2-4H2,1H3,(H2,11,18)(H3,12,13,14,15,16,17). The van der Waals surface area contributed by atoms with E-state index in [0.717, 1.165) is 0 Å². The minimum absolute atomic E-state index is 0.0906. The van der Waals surface area contributed by atoms with Crippen molar-refractivity contribution in [2.75, 3.05) is 37.4 Å². The molecule has 2 heterocycles. The van der Waals surface area contributed by atoms with E-state index in [1.807, 2.05) is 0 Å². The third-order valence-corrected chi connectivity index (χ3v) is 2.29. The van der Waals surface area contributed by atoms with E-state index < -0.39 is 5.91 Å². The van der Waals surface area contributed by atoms with Gasteiger partial charge in [-0.3, -0.25) is 4.79 Å². The van der Waals surface area contributed by atoms with Gasteiger partial charge >= 0.3 is 0 Å². The van der Waals surface area contributed by atoms with Crippen LogP contribution in [0.3, 0.4) is 0 Å². The van der Waals surface area contributed by atoms with Gasteiger partial charge in [-0.05, 0) is 0 Å². The minimum Gasteiger partial charge on any atom is -0.370 e. The van der Waals surface area contributed by atoms with Crippen LogP contribution in [0.25, 0.3) is 11.2 Å². The number of fused-ring (bicyclic) bond motifs is 1. The number of primary amides is 1. The molecule has 0 radical (unpaired) electrons. The summed E-state index contributed by atoms with van der Waals surface area (Å²) in [5.41, 5.74) is 6.24. The predicted octanol–water partition coefficient (Wildman–Crippen LogP) is -0.692. The second kappa shape index (κ2) is 5.96. The summed E-state index contributed by atoms with van der Waals surface area (Å²) in [5.74, 6) is 0.602. The maximum atomic E-state index is 10.5. The Morgan fingerprint density at radius 1 is 1.53 bits per heavy atom. The van der Waals surface area contributed by atoms with E-state index in [-0.39, 0.29) is 6.61 Å². The number of carbonyl (C=O) groups is 1. The number of H-pyrrole nitrogens is 1. The number of ether oxygens (including phenoxy) is 1. The normalized spacial score (nSPS) is 10.6. The van der Waals surface area contributed by atoms with E-state index >= 15 is 0 Å². The Kier molecular flexibility index (Phi) is 4.08. The summed E-state index contributed by atoms with van der Waals surface area (Å²) in [6, 6.07) is 0. The summed E-state index contributed by atoms with van der Waals surface area (Å²) < 4.78 is 5.05. The summed E-state index contributed by atoms with van der Waals surface area (Å²) in [4.78, 5) is 26.0. The molecule has 0 fully saturated rings. The topological polar surface area (TPSA) is 131 Å². The van der Waals surface area contributed by atoms with Gasteiger partial charge in [0.05, 0.1) is 12.9 Å². The highest BCUT2D eigenvalue weighted by Gasteiger charge is 2.08. The molecule has 0 aliphatic carbocycles. The van der Waals surface area contributed by atoms with Crippen LogP contribution in [-0.4, -0.2) is 52.6 Å². The first-order valence-electron chi connectivity index (χ1n) is 5.69. The molecule has 19 heavy (non-hydrogen) atoms. The number of nitrogens with zero attached hydrogens (tertiary/aromatic N) is 3. The van der Waals surface area contributed by atoms with Crippen LogP contribution >= 0.6 is 0 Å². The first kappa shape index (κ1) is 13.0. The van der Waals surface area contributed by atoms with Crippen molar-refractivity contribution in [3.63, 3.8) is 0 Å². The highest BCUT2D eigenvalue weighted by Crippen LogP contribution is 2.17. The van der Waals surface area contributed by atoms with Gasteiger partial charge in [-0.15, -0.1) is 0 Å². The number of aromatic nitrogens is 4. The molecule has 0 aliphatic rings. The lowest BCUT2D eigenvalue weighted by atomic mass is 10.4. The molecule has 0 unspecified atom stereocenters. The zero-order chi connectivity index (χ0) is 13.7. The summed E-state index contributed by atoms with van der Waals surface area (Å²) in [6.45, 7) is 0.742. The number of anilines is 2. The van der Waals surface area contributed by atoms with Gasteiger partial charge in [-0.1, -0.05) is 0 Å². The van der Waals surface area contributed by atoms with E-state index in [0.29, 0.717) is 36.1 Å². The first-order valence-corrected chi connectivity index (χ1v) is 5.69. The average molecular weight is 265 g/mol. The Hall–Kier alpha value is -2.42. The SMILES string of the molecule is CNc1nc(NCCOCC(N)=O)c2[nH]cnc2n1. The van der Waals surface area contributed by atoms with Gasteiger partial charge in [-0.25, -0.2) is 4.98 Å². The Morgan fingerprint density at radius 3 is 3.11 bits per heavy atom. The molecule has 0 spiro atoms. The number of nitrogens with two attached hydrogens (primary N) is 1. The lowest BCUT2D eigenvalue weighted by molar-refractivity contribution is -0.122. The highest BCUT2D eigenvalue weighted by molar-refractivity contribution is 5.83. The zero-order valence-electron chi connectivity index (χ0n) is 10.4. The smallest absolute Gasteiger partial charge is 0.243 e. The fourth-order valence-electron chi connectivity index (χ4n) is 1.49. The molecule has 2 aromatic heterocycles. The number of imidazole rings is 1. The number of rotatable bonds is 7. The molecule has 0 atom stereocenters. The molecular weight excluding hydrogens is 250 g/mol. The maximum Gasteiger partial charge on any atom is 0.243 e. The van der Waals surface area contributed by atoms with Crippen molar-refractivity contribution in [3.8, 4) is 0 Å². The van der Waals surface area contributed by atoms with E-state index in [9.17, 15) is 4.79 Å². The van der Waals surface area contributed by atoms with Crippen molar-refractivity contribution in [3.05, 3.63) is 6.33 Å². The zero-order valence-corrected chi connectivity index (χ0v) is 10.4. The van der Waals surface area contributed by atoms with Crippen molar-refractivity contribution < 1.29 is 9.53 Å². The number of carbonyl (C=O) groups excluding carboxylic acids is 1. The van der Waals surface area contributed by atoms with Crippen LogP contribution in [0.5, 0.6) is 0 Å². The van der Waals surface area contributed by atoms with E-state index in [1.165, 1.54) is 0 Å². The van der Waals surface area contributed by atoms with Gasteiger partial charge in [-0.2, -0.15) is 9.97 Å². The minimum atomic E-state index is -0.490. The van der Waals surface area contributed by atoms with Gasteiger partial charge in [0.2, 0.25) is 11.9 Å². The van der Waals surface area contributed by atoms with Crippen molar-refractivity contribution in [1.29, 1.82) is 0 Å². The largest absolute Gasteiger partial charge is 0.370 e. The third kappa shape index (κ3) is 3.28. The second-order valence-electron chi connectivity index (χ2n) is 3.69. The summed E-state index contributed by atoms with van der Waals surface area (Å²) in [6.07, 6.45) is 1.55. The predicted molar refractivity (Wildman–Crippen MR) is 69.7 cm³/mol. The van der Waals surface area contributed by atoms with Crippen molar-refractivity contribution in [2.45, 2.75) is 0 Å². The second-order valence-corrected chi connectivity index (χ2v) is 3.69. The van der Waals surface area contributed by atoms with Crippen LogP contribution in [0.1, 0.15) is 0 Å². The number of amides is 1. The van der Waals surface area contributed by atoms with Gasteiger partial charge in [0.15, 0.2) is 11.5 Å². The number of nitrogens with one attached hydrogen (secondary N) is 3. The lowest BCUT2D eigenvalue weighted by Crippen LogP contribution is -2.20.